The largest absolute Gasteiger partial charge is 0.467 e. The molecule has 1 aliphatic carbocycles. The van der Waals surface area contributed by atoms with Gasteiger partial charge in [0.25, 0.3) is 0 Å². The first-order valence-electron chi connectivity index (χ1n) is 6.16. The van der Waals surface area contributed by atoms with Crippen molar-refractivity contribution in [3.05, 3.63) is 30.3 Å². The second kappa shape index (κ2) is 3.88. The summed E-state index contributed by atoms with van der Waals surface area (Å²) in [6.45, 7) is 0. The molecule has 2 atom stereocenters. The van der Waals surface area contributed by atoms with E-state index in [-0.39, 0.29) is 12.8 Å². The second-order valence-electron chi connectivity index (χ2n) is 5.10. The van der Waals surface area contributed by atoms with Gasteiger partial charge in [-0.25, -0.2) is 14.1 Å². The standard InChI is InChI=1S/C14H12FNO4/c1-20-12(19)14(15)8-13(14)7-10(17)16(11(13)18)9-5-3-2-4-6-9/h2-6H,7-8H2,1H3/t13-,14-/m0/s1. The number of para-hydroxylation sites is 1. The molecule has 104 valence electrons. The van der Waals surface area contributed by atoms with Crippen molar-refractivity contribution in [3.63, 3.8) is 0 Å². The summed E-state index contributed by atoms with van der Waals surface area (Å²) < 4.78 is 18.9. The molecule has 1 saturated heterocycles. The monoisotopic (exact) mass is 277 g/mol. The van der Waals surface area contributed by atoms with Crippen LogP contribution in [0.15, 0.2) is 30.3 Å². The van der Waals surface area contributed by atoms with Crippen molar-refractivity contribution < 1.29 is 23.5 Å². The number of imide groups is 1. The minimum absolute atomic E-state index is 0.291. The average molecular weight is 277 g/mol. The lowest BCUT2D eigenvalue weighted by Gasteiger charge is -2.15. The number of alkyl halides is 1. The van der Waals surface area contributed by atoms with E-state index in [1.54, 1.807) is 30.3 Å². The van der Waals surface area contributed by atoms with Crippen LogP contribution in [-0.2, 0) is 19.1 Å². The van der Waals surface area contributed by atoms with Gasteiger partial charge in [-0.1, -0.05) is 18.2 Å². The molecule has 5 nitrogen and oxygen atoms in total. The van der Waals surface area contributed by atoms with Crippen molar-refractivity contribution in [1.82, 2.24) is 0 Å². The minimum atomic E-state index is -2.38. The van der Waals surface area contributed by atoms with Crippen molar-refractivity contribution in [1.29, 1.82) is 0 Å². The molecule has 1 spiro atoms. The van der Waals surface area contributed by atoms with Crippen molar-refractivity contribution in [2.75, 3.05) is 12.0 Å². The molecule has 20 heavy (non-hydrogen) atoms. The fourth-order valence-electron chi connectivity index (χ4n) is 2.83. The maximum absolute atomic E-state index is 14.5. The normalized spacial score (nSPS) is 31.8. The Morgan fingerprint density at radius 1 is 1.30 bits per heavy atom. The van der Waals surface area contributed by atoms with Crippen LogP contribution in [0.1, 0.15) is 12.8 Å². The zero-order valence-corrected chi connectivity index (χ0v) is 10.8. The van der Waals surface area contributed by atoms with E-state index in [9.17, 15) is 18.8 Å². The molecular weight excluding hydrogens is 265 g/mol. The molecule has 0 N–H and O–H groups in total. The smallest absolute Gasteiger partial charge is 0.344 e. The van der Waals surface area contributed by atoms with Gasteiger partial charge in [0.15, 0.2) is 0 Å². The van der Waals surface area contributed by atoms with E-state index in [4.69, 9.17) is 0 Å². The van der Waals surface area contributed by atoms with Gasteiger partial charge >= 0.3 is 5.97 Å². The Balaban J connectivity index is 1.96. The van der Waals surface area contributed by atoms with Crippen LogP contribution in [0.2, 0.25) is 0 Å². The van der Waals surface area contributed by atoms with E-state index in [0.29, 0.717) is 5.69 Å². The molecule has 0 radical (unpaired) electrons. The number of hydrogen-bond acceptors (Lipinski definition) is 4. The zero-order valence-electron chi connectivity index (χ0n) is 10.8. The molecule has 1 aliphatic heterocycles. The van der Waals surface area contributed by atoms with Crippen LogP contribution >= 0.6 is 0 Å². The number of ether oxygens (including phenoxy) is 1. The van der Waals surface area contributed by atoms with E-state index in [0.717, 1.165) is 12.0 Å². The Bertz CT molecular complexity index is 617. The summed E-state index contributed by atoms with van der Waals surface area (Å²) in [5, 5.41) is 0. The van der Waals surface area contributed by atoms with Gasteiger partial charge in [-0.3, -0.25) is 9.59 Å². The summed E-state index contributed by atoms with van der Waals surface area (Å²) >= 11 is 0. The fraction of sp³-hybridized carbons (Fsp3) is 0.357. The van der Waals surface area contributed by atoms with E-state index in [1.165, 1.54) is 0 Å². The van der Waals surface area contributed by atoms with Crippen molar-refractivity contribution in [2.45, 2.75) is 18.5 Å². The highest BCUT2D eigenvalue weighted by atomic mass is 19.1. The Labute approximate surface area is 114 Å². The quantitative estimate of drug-likeness (QED) is 0.602. The van der Waals surface area contributed by atoms with Gasteiger partial charge in [-0.05, 0) is 12.1 Å². The second-order valence-corrected chi connectivity index (χ2v) is 5.10. The number of nitrogens with zero attached hydrogens (tertiary/aromatic N) is 1. The number of hydrogen-bond donors (Lipinski definition) is 0. The number of carbonyl (C=O) groups is 3. The summed E-state index contributed by atoms with van der Waals surface area (Å²) in [5.41, 5.74) is -3.57. The summed E-state index contributed by atoms with van der Waals surface area (Å²) in [5.74, 6) is -2.25. The number of anilines is 1. The maximum Gasteiger partial charge on any atom is 0.344 e. The van der Waals surface area contributed by atoms with Gasteiger partial charge in [0.1, 0.15) is 5.41 Å². The number of halogens is 1. The highest BCUT2D eigenvalue weighted by Crippen LogP contribution is 2.65. The first-order valence-corrected chi connectivity index (χ1v) is 6.16. The highest BCUT2D eigenvalue weighted by molar-refractivity contribution is 6.26. The molecule has 1 saturated carbocycles. The van der Waals surface area contributed by atoms with Crippen LogP contribution in [0.4, 0.5) is 10.1 Å². The molecule has 1 aromatic carbocycles. The fourth-order valence-corrected chi connectivity index (χ4v) is 2.83. The van der Waals surface area contributed by atoms with E-state index in [1.807, 2.05) is 0 Å². The van der Waals surface area contributed by atoms with Gasteiger partial charge in [0.05, 0.1) is 12.8 Å². The summed E-state index contributed by atoms with van der Waals surface area (Å²) in [6, 6.07) is 8.29. The molecule has 6 heteroatoms. The Hall–Kier alpha value is -2.24. The number of benzene rings is 1. The van der Waals surface area contributed by atoms with Crippen LogP contribution in [0.25, 0.3) is 0 Å². The van der Waals surface area contributed by atoms with Crippen LogP contribution < -0.4 is 4.90 Å². The van der Waals surface area contributed by atoms with Gasteiger partial charge in [-0.2, -0.15) is 0 Å². The van der Waals surface area contributed by atoms with Gasteiger partial charge < -0.3 is 4.74 Å². The Kier molecular flexibility index (Phi) is 2.48. The molecular formula is C14H12FNO4. The topological polar surface area (TPSA) is 63.7 Å². The molecule has 1 aromatic rings. The number of carbonyl (C=O) groups excluding carboxylic acids is 3. The highest BCUT2D eigenvalue weighted by Gasteiger charge is 2.82. The molecule has 0 bridgehead atoms. The molecule has 2 amide bonds. The van der Waals surface area contributed by atoms with E-state index in [2.05, 4.69) is 4.74 Å². The third-order valence-electron chi connectivity index (χ3n) is 4.02. The number of esters is 1. The Morgan fingerprint density at radius 3 is 2.55 bits per heavy atom. The molecule has 3 rings (SSSR count). The van der Waals surface area contributed by atoms with Crippen molar-refractivity contribution >= 4 is 23.5 Å². The maximum atomic E-state index is 14.5. The number of rotatable bonds is 2. The zero-order chi connectivity index (χ0) is 14.5. The number of methoxy groups -OCH3 is 1. The predicted octanol–water partition coefficient (Wildman–Crippen LogP) is 1.22. The lowest BCUT2D eigenvalue weighted by Crippen LogP contribution is -2.35. The van der Waals surface area contributed by atoms with Crippen LogP contribution in [-0.4, -0.2) is 30.6 Å². The third kappa shape index (κ3) is 1.39. The lowest BCUT2D eigenvalue weighted by atomic mass is 10.0. The number of amides is 2. The minimum Gasteiger partial charge on any atom is -0.467 e. The van der Waals surface area contributed by atoms with Crippen LogP contribution in [0.5, 0.6) is 0 Å². The summed E-state index contributed by atoms with van der Waals surface area (Å²) in [7, 11) is 1.06. The van der Waals surface area contributed by atoms with Crippen LogP contribution in [0.3, 0.4) is 0 Å². The molecule has 2 fully saturated rings. The van der Waals surface area contributed by atoms with E-state index >= 15 is 0 Å². The summed E-state index contributed by atoms with van der Waals surface area (Å²) in [6.07, 6.45) is -0.590. The first-order chi connectivity index (χ1) is 9.46. The van der Waals surface area contributed by atoms with Gasteiger partial charge in [-0.15, -0.1) is 0 Å². The van der Waals surface area contributed by atoms with Gasteiger partial charge in [0.2, 0.25) is 17.5 Å². The summed E-state index contributed by atoms with van der Waals surface area (Å²) in [4.78, 5) is 36.8. The molecule has 0 aromatic heterocycles. The predicted molar refractivity (Wildman–Crippen MR) is 66.5 cm³/mol. The molecule has 1 heterocycles. The Morgan fingerprint density at radius 2 is 1.95 bits per heavy atom. The van der Waals surface area contributed by atoms with Gasteiger partial charge in [0, 0.05) is 12.8 Å². The van der Waals surface area contributed by atoms with E-state index < -0.39 is 28.9 Å². The average Bonchev–Trinajstić information content (AvgIpc) is 2.97. The van der Waals surface area contributed by atoms with Crippen molar-refractivity contribution in [3.8, 4) is 0 Å². The third-order valence-corrected chi connectivity index (χ3v) is 4.02. The SMILES string of the molecule is COC(=O)[C@@]1(F)C[C@]12CC(=O)N(c1ccccc1)C2=O. The molecule has 0 unspecified atom stereocenters. The first kappa shape index (κ1) is 12.8. The lowest BCUT2D eigenvalue weighted by molar-refractivity contribution is -0.151. The molecule has 2 aliphatic rings. The van der Waals surface area contributed by atoms with Crippen LogP contribution in [0, 0.1) is 5.41 Å². The van der Waals surface area contributed by atoms with Crippen molar-refractivity contribution in [2.24, 2.45) is 5.41 Å².